The molecule has 0 saturated heterocycles. The van der Waals surface area contributed by atoms with E-state index >= 15 is 0 Å². The molecule has 2 N–H and O–H groups in total. The van der Waals surface area contributed by atoms with Crippen molar-refractivity contribution in [3.63, 3.8) is 0 Å². The summed E-state index contributed by atoms with van der Waals surface area (Å²) in [5.74, 6) is 0.146. The average Bonchev–Trinajstić information content (AvgIpc) is 2.90. The van der Waals surface area contributed by atoms with Crippen molar-refractivity contribution in [3.05, 3.63) is 47.5 Å². The summed E-state index contributed by atoms with van der Waals surface area (Å²) in [6, 6.07) is 7.72. The van der Waals surface area contributed by atoms with Gasteiger partial charge in [-0.05, 0) is 43.8 Å². The maximum Gasteiger partial charge on any atom is 0.273 e. The van der Waals surface area contributed by atoms with E-state index in [0.29, 0.717) is 17.0 Å². The summed E-state index contributed by atoms with van der Waals surface area (Å²) >= 11 is 0. The number of hydrogen-bond acceptors (Lipinski definition) is 4. The quantitative estimate of drug-likeness (QED) is 0.888. The first-order valence-corrected chi connectivity index (χ1v) is 7.43. The van der Waals surface area contributed by atoms with Crippen LogP contribution in [0.4, 0.5) is 10.1 Å². The SMILES string of the molecule is CNS(=O)(=O)c1ccc(CNc2ccc(C)c(F)c2)o1. The predicted octanol–water partition coefficient (Wildman–Crippen LogP) is 2.25. The molecule has 0 spiro atoms. The maximum absolute atomic E-state index is 13.4. The molecule has 0 aliphatic rings. The normalized spacial score (nSPS) is 11.6. The Morgan fingerprint density at radius 2 is 2.00 bits per heavy atom. The topological polar surface area (TPSA) is 71.3 Å². The van der Waals surface area contributed by atoms with Crippen LogP contribution in [-0.4, -0.2) is 15.5 Å². The molecule has 0 aliphatic carbocycles. The molecule has 0 aliphatic heterocycles. The highest BCUT2D eigenvalue weighted by Gasteiger charge is 2.16. The standard InChI is InChI=1S/C13H15FN2O3S/c1-9-3-4-10(7-12(9)14)16-8-11-5-6-13(19-11)20(17,18)15-2/h3-7,15-16H,8H2,1-2H3. The summed E-state index contributed by atoms with van der Waals surface area (Å²) in [6.07, 6.45) is 0. The van der Waals surface area contributed by atoms with Crippen LogP contribution in [0.25, 0.3) is 0 Å². The molecule has 2 rings (SSSR count). The molecular weight excluding hydrogens is 283 g/mol. The van der Waals surface area contributed by atoms with Crippen LogP contribution >= 0.6 is 0 Å². The molecule has 108 valence electrons. The van der Waals surface area contributed by atoms with Crippen molar-refractivity contribution in [1.82, 2.24) is 4.72 Å². The fourth-order valence-corrected chi connectivity index (χ4v) is 2.26. The van der Waals surface area contributed by atoms with Gasteiger partial charge in [0.15, 0.2) is 0 Å². The zero-order valence-corrected chi connectivity index (χ0v) is 11.9. The Balaban J connectivity index is 2.06. The van der Waals surface area contributed by atoms with Gasteiger partial charge < -0.3 is 9.73 Å². The van der Waals surface area contributed by atoms with Crippen LogP contribution in [0.1, 0.15) is 11.3 Å². The molecule has 0 bridgehead atoms. The Morgan fingerprint density at radius 3 is 2.65 bits per heavy atom. The lowest BCUT2D eigenvalue weighted by Crippen LogP contribution is -2.17. The lowest BCUT2D eigenvalue weighted by Gasteiger charge is -2.05. The number of aryl methyl sites for hydroxylation is 1. The van der Waals surface area contributed by atoms with Crippen molar-refractivity contribution in [2.45, 2.75) is 18.6 Å². The van der Waals surface area contributed by atoms with Crippen molar-refractivity contribution in [2.24, 2.45) is 0 Å². The summed E-state index contributed by atoms with van der Waals surface area (Å²) in [5.41, 5.74) is 1.17. The van der Waals surface area contributed by atoms with Crippen LogP contribution in [0, 0.1) is 12.7 Å². The smallest absolute Gasteiger partial charge is 0.273 e. The number of anilines is 1. The van der Waals surface area contributed by atoms with E-state index in [2.05, 4.69) is 10.0 Å². The molecule has 2 aromatic rings. The first kappa shape index (κ1) is 14.5. The third-order valence-electron chi connectivity index (χ3n) is 2.81. The van der Waals surface area contributed by atoms with E-state index in [1.54, 1.807) is 25.1 Å². The van der Waals surface area contributed by atoms with E-state index in [-0.39, 0.29) is 17.5 Å². The van der Waals surface area contributed by atoms with Crippen LogP contribution < -0.4 is 10.0 Å². The second-order valence-electron chi connectivity index (χ2n) is 4.25. The first-order valence-electron chi connectivity index (χ1n) is 5.94. The molecule has 0 unspecified atom stereocenters. The van der Waals surface area contributed by atoms with E-state index in [0.717, 1.165) is 0 Å². The molecule has 0 radical (unpaired) electrons. The molecule has 7 heteroatoms. The number of halogens is 1. The second-order valence-corrected chi connectivity index (χ2v) is 6.06. The minimum absolute atomic E-state index is 0.146. The Labute approximate surface area is 116 Å². The molecule has 5 nitrogen and oxygen atoms in total. The van der Waals surface area contributed by atoms with Crippen LogP contribution in [0.3, 0.4) is 0 Å². The van der Waals surface area contributed by atoms with Gasteiger partial charge in [0, 0.05) is 5.69 Å². The van der Waals surface area contributed by atoms with Crippen molar-refractivity contribution < 1.29 is 17.2 Å². The monoisotopic (exact) mass is 298 g/mol. The van der Waals surface area contributed by atoms with Crippen molar-refractivity contribution >= 4 is 15.7 Å². The lowest BCUT2D eigenvalue weighted by atomic mass is 10.2. The Morgan fingerprint density at radius 1 is 1.25 bits per heavy atom. The van der Waals surface area contributed by atoms with Crippen LogP contribution in [-0.2, 0) is 16.6 Å². The van der Waals surface area contributed by atoms with E-state index in [1.165, 1.54) is 19.2 Å². The second kappa shape index (κ2) is 5.64. The Kier molecular flexibility index (Phi) is 4.10. The molecule has 1 heterocycles. The number of rotatable bonds is 5. The van der Waals surface area contributed by atoms with Crippen molar-refractivity contribution in [1.29, 1.82) is 0 Å². The number of nitrogens with one attached hydrogen (secondary N) is 2. The molecule has 20 heavy (non-hydrogen) atoms. The number of sulfonamides is 1. The minimum Gasteiger partial charge on any atom is -0.446 e. The Hall–Kier alpha value is -1.86. The third kappa shape index (κ3) is 3.17. The molecular formula is C13H15FN2O3S. The number of furan rings is 1. The first-order chi connectivity index (χ1) is 9.42. The average molecular weight is 298 g/mol. The van der Waals surface area contributed by atoms with Gasteiger partial charge in [0.25, 0.3) is 10.0 Å². The summed E-state index contributed by atoms with van der Waals surface area (Å²) < 4.78 is 43.7. The lowest BCUT2D eigenvalue weighted by molar-refractivity contribution is 0.417. The van der Waals surface area contributed by atoms with Gasteiger partial charge in [-0.25, -0.2) is 17.5 Å². The van der Waals surface area contributed by atoms with Gasteiger partial charge in [-0.2, -0.15) is 0 Å². The van der Waals surface area contributed by atoms with Crippen LogP contribution in [0.5, 0.6) is 0 Å². The van der Waals surface area contributed by atoms with Gasteiger partial charge in [-0.1, -0.05) is 6.07 Å². The fraction of sp³-hybridized carbons (Fsp3) is 0.231. The largest absolute Gasteiger partial charge is 0.446 e. The highest BCUT2D eigenvalue weighted by atomic mass is 32.2. The van der Waals surface area contributed by atoms with Crippen LogP contribution in [0.2, 0.25) is 0 Å². The van der Waals surface area contributed by atoms with Crippen molar-refractivity contribution in [3.8, 4) is 0 Å². The maximum atomic E-state index is 13.4. The molecule has 1 aromatic carbocycles. The third-order valence-corrected chi connectivity index (χ3v) is 4.10. The van der Waals surface area contributed by atoms with Crippen molar-refractivity contribution in [2.75, 3.05) is 12.4 Å². The van der Waals surface area contributed by atoms with Gasteiger partial charge in [-0.3, -0.25) is 0 Å². The zero-order chi connectivity index (χ0) is 14.8. The molecule has 0 atom stereocenters. The number of hydrogen-bond donors (Lipinski definition) is 2. The van der Waals surface area contributed by atoms with E-state index in [1.807, 2.05) is 0 Å². The van der Waals surface area contributed by atoms with E-state index in [9.17, 15) is 12.8 Å². The van der Waals surface area contributed by atoms with Gasteiger partial charge in [0.1, 0.15) is 11.6 Å². The highest BCUT2D eigenvalue weighted by Crippen LogP contribution is 2.17. The fourth-order valence-electron chi connectivity index (χ4n) is 1.59. The molecule has 0 amide bonds. The summed E-state index contributed by atoms with van der Waals surface area (Å²) in [4.78, 5) is 0. The minimum atomic E-state index is -3.58. The summed E-state index contributed by atoms with van der Waals surface area (Å²) in [5, 5.41) is 2.82. The molecule has 1 aromatic heterocycles. The van der Waals surface area contributed by atoms with E-state index in [4.69, 9.17) is 4.42 Å². The summed E-state index contributed by atoms with van der Waals surface area (Å²) in [6.45, 7) is 1.95. The Bertz CT molecular complexity index is 710. The predicted molar refractivity (Wildman–Crippen MR) is 73.4 cm³/mol. The number of benzene rings is 1. The van der Waals surface area contributed by atoms with Gasteiger partial charge in [0.05, 0.1) is 6.54 Å². The van der Waals surface area contributed by atoms with Gasteiger partial charge >= 0.3 is 0 Å². The zero-order valence-electron chi connectivity index (χ0n) is 11.1. The highest BCUT2D eigenvalue weighted by molar-refractivity contribution is 7.89. The van der Waals surface area contributed by atoms with E-state index < -0.39 is 10.0 Å². The van der Waals surface area contributed by atoms with Gasteiger partial charge in [0.2, 0.25) is 5.09 Å². The summed E-state index contributed by atoms with van der Waals surface area (Å²) in [7, 11) is -2.27. The molecule has 0 saturated carbocycles. The van der Waals surface area contributed by atoms with Gasteiger partial charge in [-0.15, -0.1) is 0 Å². The van der Waals surface area contributed by atoms with Crippen LogP contribution in [0.15, 0.2) is 39.8 Å². The molecule has 0 fully saturated rings.